The number of terminal acetylenes is 1. The Morgan fingerprint density at radius 2 is 2.31 bits per heavy atom. The van der Waals surface area contributed by atoms with Gasteiger partial charge in [-0.1, -0.05) is 0 Å². The van der Waals surface area contributed by atoms with Gasteiger partial charge in [0.25, 0.3) is 5.91 Å². The Bertz CT molecular complexity index is 404. The summed E-state index contributed by atoms with van der Waals surface area (Å²) in [6.45, 7) is 0.567. The molecule has 0 saturated heterocycles. The van der Waals surface area contributed by atoms with Crippen LogP contribution in [0.25, 0.3) is 0 Å². The van der Waals surface area contributed by atoms with Gasteiger partial charge in [0.1, 0.15) is 0 Å². The van der Waals surface area contributed by atoms with Crippen molar-refractivity contribution in [3.8, 4) is 12.3 Å². The lowest BCUT2D eigenvalue weighted by atomic mass is 9.99. The molecule has 0 aromatic carbocycles. The van der Waals surface area contributed by atoms with Gasteiger partial charge in [-0.3, -0.25) is 4.79 Å². The van der Waals surface area contributed by atoms with Crippen LogP contribution in [0.5, 0.6) is 0 Å². The lowest BCUT2D eigenvalue weighted by Crippen LogP contribution is -2.23. The Hall–Kier alpha value is -1.27. The van der Waals surface area contributed by atoms with Crippen LogP contribution in [-0.2, 0) is 12.8 Å². The van der Waals surface area contributed by atoms with E-state index in [1.807, 2.05) is 6.07 Å². The molecule has 0 saturated carbocycles. The van der Waals surface area contributed by atoms with Gasteiger partial charge >= 0.3 is 0 Å². The molecule has 0 spiro atoms. The molecule has 1 N–H and O–H groups in total. The number of hydrogen-bond acceptors (Lipinski definition) is 2. The maximum Gasteiger partial charge on any atom is 0.261 e. The highest BCUT2D eigenvalue weighted by atomic mass is 32.1. The van der Waals surface area contributed by atoms with Crippen LogP contribution in [0.2, 0.25) is 0 Å². The molecule has 3 heteroatoms. The highest BCUT2D eigenvalue weighted by Gasteiger charge is 2.16. The molecule has 0 radical (unpaired) electrons. The van der Waals surface area contributed by atoms with Crippen molar-refractivity contribution in [1.29, 1.82) is 0 Å². The Labute approximate surface area is 100 Å². The third kappa shape index (κ3) is 2.45. The Balaban J connectivity index is 2.01. The van der Waals surface area contributed by atoms with E-state index in [1.165, 1.54) is 23.3 Å². The van der Waals surface area contributed by atoms with E-state index in [1.54, 1.807) is 11.3 Å². The van der Waals surface area contributed by atoms with Gasteiger partial charge in [-0.25, -0.2) is 0 Å². The molecule has 1 heterocycles. The molecule has 0 aliphatic heterocycles. The zero-order valence-electron chi connectivity index (χ0n) is 9.21. The molecule has 16 heavy (non-hydrogen) atoms. The minimum absolute atomic E-state index is 0.0228. The van der Waals surface area contributed by atoms with Gasteiger partial charge in [0.05, 0.1) is 4.88 Å². The topological polar surface area (TPSA) is 29.1 Å². The number of aryl methyl sites for hydroxylation is 2. The third-order valence-corrected chi connectivity index (χ3v) is 4.01. The van der Waals surface area contributed by atoms with Crippen molar-refractivity contribution in [1.82, 2.24) is 5.32 Å². The van der Waals surface area contributed by atoms with E-state index in [4.69, 9.17) is 6.42 Å². The average molecular weight is 233 g/mol. The molecule has 84 valence electrons. The van der Waals surface area contributed by atoms with Crippen molar-refractivity contribution in [3.63, 3.8) is 0 Å². The van der Waals surface area contributed by atoms with Gasteiger partial charge in [0, 0.05) is 17.8 Å². The van der Waals surface area contributed by atoms with Gasteiger partial charge in [0.2, 0.25) is 0 Å². The first-order valence-corrected chi connectivity index (χ1v) is 6.46. The molecule has 0 unspecified atom stereocenters. The summed E-state index contributed by atoms with van der Waals surface area (Å²) < 4.78 is 0. The molecule has 1 aliphatic rings. The number of rotatable bonds is 3. The summed E-state index contributed by atoms with van der Waals surface area (Å²) in [6, 6.07) is 2.05. The van der Waals surface area contributed by atoms with Gasteiger partial charge < -0.3 is 5.32 Å². The maximum atomic E-state index is 11.8. The summed E-state index contributed by atoms with van der Waals surface area (Å²) in [5.41, 5.74) is 1.37. The average Bonchev–Trinajstić information content (AvgIpc) is 2.73. The Morgan fingerprint density at radius 3 is 3.06 bits per heavy atom. The minimum atomic E-state index is 0.0228. The van der Waals surface area contributed by atoms with Crippen LogP contribution in [0.1, 0.15) is 39.4 Å². The molecule has 2 nitrogen and oxygen atoms in total. The monoisotopic (exact) mass is 233 g/mol. The molecule has 1 amide bonds. The Kier molecular flexibility index (Phi) is 3.63. The summed E-state index contributed by atoms with van der Waals surface area (Å²) in [4.78, 5) is 14.0. The van der Waals surface area contributed by atoms with Crippen molar-refractivity contribution in [2.45, 2.75) is 32.1 Å². The fourth-order valence-corrected chi connectivity index (χ4v) is 3.11. The smallest absolute Gasteiger partial charge is 0.261 e. The number of fused-ring (bicyclic) bond motifs is 1. The van der Waals surface area contributed by atoms with Gasteiger partial charge in [-0.2, -0.15) is 0 Å². The lowest BCUT2D eigenvalue weighted by molar-refractivity contribution is 0.0958. The van der Waals surface area contributed by atoms with Crippen LogP contribution in [0.3, 0.4) is 0 Å². The fourth-order valence-electron chi connectivity index (χ4n) is 1.94. The molecule has 2 rings (SSSR count). The number of carbonyl (C=O) groups is 1. The van der Waals surface area contributed by atoms with Crippen molar-refractivity contribution in [3.05, 3.63) is 21.4 Å². The summed E-state index contributed by atoms with van der Waals surface area (Å²) in [5.74, 6) is 2.53. The summed E-state index contributed by atoms with van der Waals surface area (Å²) in [7, 11) is 0. The van der Waals surface area contributed by atoms with E-state index in [-0.39, 0.29) is 5.91 Å². The van der Waals surface area contributed by atoms with Crippen LogP contribution < -0.4 is 5.32 Å². The second-order valence-corrected chi connectivity index (χ2v) is 5.11. The molecule has 0 atom stereocenters. The predicted molar refractivity (Wildman–Crippen MR) is 66.7 cm³/mol. The van der Waals surface area contributed by atoms with Gasteiger partial charge in [-0.05, 0) is 37.3 Å². The summed E-state index contributed by atoms with van der Waals surface area (Å²) >= 11 is 1.64. The lowest BCUT2D eigenvalue weighted by Gasteiger charge is -2.08. The Morgan fingerprint density at radius 1 is 1.50 bits per heavy atom. The van der Waals surface area contributed by atoms with E-state index < -0.39 is 0 Å². The SMILES string of the molecule is C#CCCNC(=O)c1cc2c(s1)CCCC2. The number of thiophene rings is 1. The molecule has 0 fully saturated rings. The largest absolute Gasteiger partial charge is 0.350 e. The second-order valence-electron chi connectivity index (χ2n) is 3.98. The van der Waals surface area contributed by atoms with E-state index >= 15 is 0 Å². The van der Waals surface area contributed by atoms with E-state index in [9.17, 15) is 4.79 Å². The first kappa shape index (κ1) is 11.2. The first-order chi connectivity index (χ1) is 7.81. The van der Waals surface area contributed by atoms with Crippen LogP contribution in [0.4, 0.5) is 0 Å². The maximum absolute atomic E-state index is 11.8. The zero-order valence-corrected chi connectivity index (χ0v) is 10.0. The summed E-state index contributed by atoms with van der Waals surface area (Å²) in [5, 5.41) is 2.84. The number of hydrogen-bond donors (Lipinski definition) is 1. The first-order valence-electron chi connectivity index (χ1n) is 5.64. The van der Waals surface area contributed by atoms with E-state index in [0.29, 0.717) is 13.0 Å². The predicted octanol–water partition coefficient (Wildman–Crippen LogP) is 2.38. The zero-order chi connectivity index (χ0) is 11.4. The van der Waals surface area contributed by atoms with Crippen molar-refractivity contribution >= 4 is 17.2 Å². The molecular weight excluding hydrogens is 218 g/mol. The summed E-state index contributed by atoms with van der Waals surface area (Å²) in [6.07, 6.45) is 10.5. The number of amides is 1. The molecular formula is C13H15NOS. The molecule has 0 bridgehead atoms. The highest BCUT2D eigenvalue weighted by molar-refractivity contribution is 7.14. The molecule has 1 aromatic heterocycles. The molecule has 1 aromatic rings. The fraction of sp³-hybridized carbons (Fsp3) is 0.462. The quantitative estimate of drug-likeness (QED) is 0.630. The number of nitrogens with one attached hydrogen (secondary N) is 1. The molecule has 1 aliphatic carbocycles. The van der Waals surface area contributed by atoms with Crippen LogP contribution in [-0.4, -0.2) is 12.5 Å². The van der Waals surface area contributed by atoms with Crippen LogP contribution >= 0.6 is 11.3 Å². The van der Waals surface area contributed by atoms with Crippen LogP contribution in [0.15, 0.2) is 6.07 Å². The minimum Gasteiger partial charge on any atom is -0.350 e. The van der Waals surface area contributed by atoms with Gasteiger partial charge in [0.15, 0.2) is 0 Å². The van der Waals surface area contributed by atoms with E-state index in [2.05, 4.69) is 11.2 Å². The third-order valence-electron chi connectivity index (χ3n) is 2.78. The normalized spacial score (nSPS) is 13.9. The second kappa shape index (κ2) is 5.18. The van der Waals surface area contributed by atoms with Crippen molar-refractivity contribution < 1.29 is 4.79 Å². The van der Waals surface area contributed by atoms with Crippen molar-refractivity contribution in [2.24, 2.45) is 0 Å². The van der Waals surface area contributed by atoms with Crippen molar-refractivity contribution in [2.75, 3.05) is 6.54 Å². The van der Waals surface area contributed by atoms with Gasteiger partial charge in [-0.15, -0.1) is 23.7 Å². The highest BCUT2D eigenvalue weighted by Crippen LogP contribution is 2.29. The standard InChI is InChI=1S/C13H15NOS/c1-2-3-8-14-13(15)12-9-10-6-4-5-7-11(10)16-12/h1,9H,3-8H2,(H,14,15). The number of carbonyl (C=O) groups excluding carboxylic acids is 1. The van der Waals surface area contributed by atoms with E-state index in [0.717, 1.165) is 17.7 Å². The van der Waals surface area contributed by atoms with Crippen LogP contribution in [0, 0.1) is 12.3 Å².